The summed E-state index contributed by atoms with van der Waals surface area (Å²) < 4.78 is 25.2. The van der Waals surface area contributed by atoms with E-state index < -0.39 is 11.6 Å². The van der Waals surface area contributed by atoms with Crippen LogP contribution < -0.4 is 5.73 Å². The number of hydrogen-bond donors (Lipinski definition) is 1. The smallest absolute Gasteiger partial charge is 0.126 e. The summed E-state index contributed by atoms with van der Waals surface area (Å²) in [7, 11) is 0. The molecule has 2 N–H and O–H groups in total. The maximum absolute atomic E-state index is 12.6. The van der Waals surface area contributed by atoms with Gasteiger partial charge in [-0.2, -0.15) is 0 Å². The molecular formula is C9H10ClF2N. The summed E-state index contributed by atoms with van der Waals surface area (Å²) in [6.45, 7) is 3.76. The quantitative estimate of drug-likeness (QED) is 0.788. The van der Waals surface area contributed by atoms with Gasteiger partial charge in [-0.15, -0.1) is 12.4 Å². The zero-order valence-corrected chi connectivity index (χ0v) is 7.70. The highest BCUT2D eigenvalue weighted by molar-refractivity contribution is 5.85. The topological polar surface area (TPSA) is 26.0 Å². The third kappa shape index (κ3) is 3.13. The molecule has 0 aliphatic heterocycles. The molecule has 0 spiro atoms. The summed E-state index contributed by atoms with van der Waals surface area (Å²) in [5.74, 6) is -1.22. The van der Waals surface area contributed by atoms with Gasteiger partial charge < -0.3 is 5.73 Å². The van der Waals surface area contributed by atoms with Gasteiger partial charge >= 0.3 is 0 Å². The van der Waals surface area contributed by atoms with E-state index in [1.54, 1.807) is 0 Å². The van der Waals surface area contributed by atoms with Crippen LogP contribution in [0.2, 0.25) is 0 Å². The first-order valence-corrected chi connectivity index (χ1v) is 3.48. The molecular weight excluding hydrogens is 196 g/mol. The Bertz CT molecular complexity index is 292. The molecule has 0 heterocycles. The van der Waals surface area contributed by atoms with Gasteiger partial charge in [0.05, 0.1) is 0 Å². The number of benzene rings is 1. The van der Waals surface area contributed by atoms with Gasteiger partial charge in [0.15, 0.2) is 0 Å². The monoisotopic (exact) mass is 205 g/mol. The van der Waals surface area contributed by atoms with Gasteiger partial charge in [0, 0.05) is 12.6 Å². The van der Waals surface area contributed by atoms with Crippen LogP contribution in [0.3, 0.4) is 0 Å². The fourth-order valence-electron chi connectivity index (χ4n) is 0.876. The molecule has 1 nitrogen and oxygen atoms in total. The van der Waals surface area contributed by atoms with Crippen molar-refractivity contribution >= 4 is 18.0 Å². The highest BCUT2D eigenvalue weighted by Crippen LogP contribution is 2.14. The average molecular weight is 206 g/mol. The number of hydrogen-bond acceptors (Lipinski definition) is 1. The highest BCUT2D eigenvalue weighted by Gasteiger charge is 2.01. The molecule has 0 saturated carbocycles. The summed E-state index contributed by atoms with van der Waals surface area (Å²) >= 11 is 0. The Labute approximate surface area is 81.7 Å². The third-order valence-corrected chi connectivity index (χ3v) is 1.52. The van der Waals surface area contributed by atoms with E-state index in [2.05, 4.69) is 6.58 Å². The summed E-state index contributed by atoms with van der Waals surface area (Å²) in [5, 5.41) is 0. The van der Waals surface area contributed by atoms with E-state index >= 15 is 0 Å². The second-order valence-electron chi connectivity index (χ2n) is 2.47. The van der Waals surface area contributed by atoms with Crippen LogP contribution in [0.25, 0.3) is 5.57 Å². The zero-order chi connectivity index (χ0) is 9.14. The third-order valence-electron chi connectivity index (χ3n) is 1.52. The molecule has 0 unspecified atom stereocenters. The minimum absolute atomic E-state index is 0. The van der Waals surface area contributed by atoms with Crippen molar-refractivity contribution in [2.75, 3.05) is 6.54 Å². The molecule has 1 rings (SSSR count). The number of nitrogens with two attached hydrogens (primary N) is 1. The van der Waals surface area contributed by atoms with Gasteiger partial charge in [-0.05, 0) is 23.3 Å². The molecule has 0 aliphatic rings. The maximum atomic E-state index is 12.6. The van der Waals surface area contributed by atoms with Crippen molar-refractivity contribution in [3.63, 3.8) is 0 Å². The fraction of sp³-hybridized carbons (Fsp3) is 0.111. The molecule has 0 atom stereocenters. The fourth-order valence-corrected chi connectivity index (χ4v) is 0.876. The Morgan fingerprint density at radius 3 is 2.08 bits per heavy atom. The van der Waals surface area contributed by atoms with Gasteiger partial charge in [-0.1, -0.05) is 6.58 Å². The van der Waals surface area contributed by atoms with E-state index in [0.717, 1.165) is 6.07 Å². The first-order valence-electron chi connectivity index (χ1n) is 3.48. The van der Waals surface area contributed by atoms with Crippen molar-refractivity contribution in [2.45, 2.75) is 0 Å². The van der Waals surface area contributed by atoms with Gasteiger partial charge in [0.25, 0.3) is 0 Å². The lowest BCUT2D eigenvalue weighted by atomic mass is 10.1. The van der Waals surface area contributed by atoms with Gasteiger partial charge in [-0.3, -0.25) is 0 Å². The lowest BCUT2D eigenvalue weighted by Gasteiger charge is -2.02. The SMILES string of the molecule is C=C(CN)c1cc(F)cc(F)c1.Cl. The van der Waals surface area contributed by atoms with E-state index in [1.807, 2.05) is 0 Å². The molecule has 0 bridgehead atoms. The predicted octanol–water partition coefficient (Wildman–Crippen LogP) is 2.36. The second-order valence-corrected chi connectivity index (χ2v) is 2.47. The Balaban J connectivity index is 0.00000144. The van der Waals surface area contributed by atoms with Crippen LogP contribution in [0, 0.1) is 11.6 Å². The standard InChI is InChI=1S/C9H9F2N.ClH/c1-6(5-12)7-2-8(10)4-9(11)3-7;/h2-4H,1,5,12H2;1H. The molecule has 4 heteroatoms. The molecule has 0 aliphatic carbocycles. The Hall–Kier alpha value is -0.930. The van der Waals surface area contributed by atoms with E-state index in [-0.39, 0.29) is 19.0 Å². The lowest BCUT2D eigenvalue weighted by Crippen LogP contribution is -2.01. The molecule has 72 valence electrons. The Kier molecular flexibility index (Phi) is 4.59. The molecule has 0 radical (unpaired) electrons. The highest BCUT2D eigenvalue weighted by atomic mass is 35.5. The number of halogens is 3. The largest absolute Gasteiger partial charge is 0.326 e. The van der Waals surface area contributed by atoms with Crippen molar-refractivity contribution in [1.29, 1.82) is 0 Å². The predicted molar refractivity (Wildman–Crippen MR) is 51.7 cm³/mol. The minimum atomic E-state index is -0.611. The molecule has 0 amide bonds. The minimum Gasteiger partial charge on any atom is -0.326 e. The summed E-state index contributed by atoms with van der Waals surface area (Å²) in [4.78, 5) is 0. The molecule has 0 fully saturated rings. The van der Waals surface area contributed by atoms with Crippen LogP contribution in [0.5, 0.6) is 0 Å². The van der Waals surface area contributed by atoms with E-state index in [4.69, 9.17) is 5.73 Å². The van der Waals surface area contributed by atoms with Crippen LogP contribution in [0.15, 0.2) is 24.8 Å². The maximum Gasteiger partial charge on any atom is 0.126 e. The summed E-state index contributed by atoms with van der Waals surface area (Å²) in [5.41, 5.74) is 6.19. The average Bonchev–Trinajstić information content (AvgIpc) is 2.01. The van der Waals surface area contributed by atoms with Crippen molar-refractivity contribution in [3.8, 4) is 0 Å². The lowest BCUT2D eigenvalue weighted by molar-refractivity contribution is 0.582. The van der Waals surface area contributed by atoms with Crippen molar-refractivity contribution in [1.82, 2.24) is 0 Å². The van der Waals surface area contributed by atoms with E-state index in [9.17, 15) is 8.78 Å². The summed E-state index contributed by atoms with van der Waals surface area (Å²) in [6.07, 6.45) is 0. The van der Waals surface area contributed by atoms with Gasteiger partial charge in [0.1, 0.15) is 11.6 Å². The summed E-state index contributed by atoms with van der Waals surface area (Å²) in [6, 6.07) is 3.23. The molecule has 1 aromatic carbocycles. The van der Waals surface area contributed by atoms with Gasteiger partial charge in [0.2, 0.25) is 0 Å². The van der Waals surface area contributed by atoms with Crippen molar-refractivity contribution in [2.24, 2.45) is 5.73 Å². The van der Waals surface area contributed by atoms with Crippen molar-refractivity contribution in [3.05, 3.63) is 42.0 Å². The number of rotatable bonds is 2. The molecule has 0 aromatic heterocycles. The Morgan fingerprint density at radius 1 is 1.23 bits per heavy atom. The second kappa shape index (κ2) is 4.94. The van der Waals surface area contributed by atoms with Gasteiger partial charge in [-0.25, -0.2) is 8.78 Å². The molecule has 1 aromatic rings. The van der Waals surface area contributed by atoms with Crippen LogP contribution >= 0.6 is 12.4 Å². The normalized spacial score (nSPS) is 9.15. The van der Waals surface area contributed by atoms with Crippen LogP contribution in [-0.2, 0) is 0 Å². The van der Waals surface area contributed by atoms with E-state index in [1.165, 1.54) is 12.1 Å². The molecule has 0 saturated heterocycles. The van der Waals surface area contributed by atoms with Crippen molar-refractivity contribution < 1.29 is 8.78 Å². The first-order chi connectivity index (χ1) is 5.63. The molecule has 13 heavy (non-hydrogen) atoms. The van der Waals surface area contributed by atoms with Crippen LogP contribution in [0.4, 0.5) is 8.78 Å². The van der Waals surface area contributed by atoms with Crippen LogP contribution in [0.1, 0.15) is 5.56 Å². The van der Waals surface area contributed by atoms with E-state index in [0.29, 0.717) is 11.1 Å². The first kappa shape index (κ1) is 12.1. The zero-order valence-electron chi connectivity index (χ0n) is 6.89. The van der Waals surface area contributed by atoms with Crippen LogP contribution in [-0.4, -0.2) is 6.54 Å². The Morgan fingerprint density at radius 2 is 1.69 bits per heavy atom.